The summed E-state index contributed by atoms with van der Waals surface area (Å²) >= 11 is 0. The standard InChI is InChI=1S/C20H24N2O2/c1-24-15-17-5-4-6-19(13-17)21-20(23)18-9-7-16(8-10-18)14-22-11-2-3-12-22/h4-10,13H,2-3,11-12,14-15H2,1H3,(H,21,23). The second kappa shape index (κ2) is 8.08. The van der Waals surface area contributed by atoms with Crippen LogP contribution >= 0.6 is 0 Å². The van der Waals surface area contributed by atoms with Crippen LogP contribution in [0.2, 0.25) is 0 Å². The predicted molar refractivity (Wildman–Crippen MR) is 96.1 cm³/mol. The van der Waals surface area contributed by atoms with Gasteiger partial charge >= 0.3 is 0 Å². The van der Waals surface area contributed by atoms with Gasteiger partial charge in [0.05, 0.1) is 6.61 Å². The molecule has 1 N–H and O–H groups in total. The van der Waals surface area contributed by atoms with Crippen LogP contribution in [0.5, 0.6) is 0 Å². The molecule has 0 spiro atoms. The number of nitrogens with zero attached hydrogens (tertiary/aromatic N) is 1. The van der Waals surface area contributed by atoms with E-state index in [0.29, 0.717) is 12.2 Å². The second-order valence-electron chi connectivity index (χ2n) is 6.27. The summed E-state index contributed by atoms with van der Waals surface area (Å²) in [4.78, 5) is 14.8. The monoisotopic (exact) mass is 324 g/mol. The van der Waals surface area contributed by atoms with Gasteiger partial charge in [0.25, 0.3) is 5.91 Å². The molecule has 0 atom stereocenters. The molecule has 0 bridgehead atoms. The number of hydrogen-bond acceptors (Lipinski definition) is 3. The van der Waals surface area contributed by atoms with Gasteiger partial charge in [-0.2, -0.15) is 0 Å². The van der Waals surface area contributed by atoms with Crippen LogP contribution in [0.1, 0.15) is 34.3 Å². The van der Waals surface area contributed by atoms with Crippen molar-refractivity contribution in [2.45, 2.75) is 26.0 Å². The summed E-state index contributed by atoms with van der Waals surface area (Å²) in [5, 5.41) is 2.94. The quantitative estimate of drug-likeness (QED) is 0.881. The third-order valence-electron chi connectivity index (χ3n) is 4.32. The smallest absolute Gasteiger partial charge is 0.255 e. The van der Waals surface area contributed by atoms with Gasteiger partial charge < -0.3 is 10.1 Å². The highest BCUT2D eigenvalue weighted by Crippen LogP contribution is 2.15. The summed E-state index contributed by atoms with van der Waals surface area (Å²) in [6, 6.07) is 15.6. The van der Waals surface area contributed by atoms with Crippen molar-refractivity contribution in [2.24, 2.45) is 0 Å². The average molecular weight is 324 g/mol. The topological polar surface area (TPSA) is 41.6 Å². The third kappa shape index (κ3) is 4.43. The van der Waals surface area contributed by atoms with Crippen molar-refractivity contribution >= 4 is 11.6 Å². The molecule has 2 aromatic carbocycles. The van der Waals surface area contributed by atoms with Crippen LogP contribution in [0.4, 0.5) is 5.69 Å². The number of amides is 1. The molecule has 2 aromatic rings. The molecule has 24 heavy (non-hydrogen) atoms. The van der Waals surface area contributed by atoms with E-state index in [2.05, 4.69) is 22.3 Å². The van der Waals surface area contributed by atoms with E-state index in [9.17, 15) is 4.79 Å². The Morgan fingerprint density at radius 3 is 2.54 bits per heavy atom. The molecule has 3 rings (SSSR count). The first-order chi connectivity index (χ1) is 11.7. The minimum Gasteiger partial charge on any atom is -0.380 e. The van der Waals surface area contributed by atoms with Crippen LogP contribution in [0.25, 0.3) is 0 Å². The third-order valence-corrected chi connectivity index (χ3v) is 4.32. The second-order valence-corrected chi connectivity index (χ2v) is 6.27. The molecule has 1 aliphatic heterocycles. The number of carbonyl (C=O) groups excluding carboxylic acids is 1. The molecule has 0 aromatic heterocycles. The molecular weight excluding hydrogens is 300 g/mol. The van der Waals surface area contributed by atoms with Gasteiger partial charge in [0.2, 0.25) is 0 Å². The summed E-state index contributed by atoms with van der Waals surface area (Å²) in [7, 11) is 1.66. The molecule has 1 saturated heterocycles. The minimum absolute atomic E-state index is 0.0858. The van der Waals surface area contributed by atoms with Gasteiger partial charge in [0, 0.05) is 24.9 Å². The first-order valence-electron chi connectivity index (χ1n) is 8.45. The zero-order valence-corrected chi connectivity index (χ0v) is 14.1. The highest BCUT2D eigenvalue weighted by molar-refractivity contribution is 6.04. The SMILES string of the molecule is COCc1cccc(NC(=O)c2ccc(CN3CCCC3)cc2)c1. The summed E-state index contributed by atoms with van der Waals surface area (Å²) in [6.07, 6.45) is 2.59. The number of anilines is 1. The van der Waals surface area contributed by atoms with Crippen molar-refractivity contribution in [3.05, 3.63) is 65.2 Å². The lowest BCUT2D eigenvalue weighted by molar-refractivity contribution is 0.102. The van der Waals surface area contributed by atoms with E-state index in [-0.39, 0.29) is 5.91 Å². The predicted octanol–water partition coefficient (Wildman–Crippen LogP) is 3.68. The Morgan fingerprint density at radius 1 is 1.08 bits per heavy atom. The van der Waals surface area contributed by atoms with Crippen molar-refractivity contribution < 1.29 is 9.53 Å². The van der Waals surface area contributed by atoms with Crippen LogP contribution in [0.15, 0.2) is 48.5 Å². The van der Waals surface area contributed by atoms with Crippen LogP contribution in [-0.2, 0) is 17.9 Å². The van der Waals surface area contributed by atoms with E-state index in [4.69, 9.17) is 4.74 Å². The fraction of sp³-hybridized carbons (Fsp3) is 0.350. The van der Waals surface area contributed by atoms with E-state index < -0.39 is 0 Å². The lowest BCUT2D eigenvalue weighted by atomic mass is 10.1. The molecule has 1 heterocycles. The number of carbonyl (C=O) groups is 1. The van der Waals surface area contributed by atoms with Gasteiger partial charge in [0.1, 0.15) is 0 Å². The van der Waals surface area contributed by atoms with Crippen molar-refractivity contribution in [1.29, 1.82) is 0 Å². The molecule has 0 unspecified atom stereocenters. The van der Waals surface area contributed by atoms with Crippen molar-refractivity contribution in [3.63, 3.8) is 0 Å². The molecule has 4 heteroatoms. The highest BCUT2D eigenvalue weighted by Gasteiger charge is 2.12. The van der Waals surface area contributed by atoms with Gasteiger partial charge in [-0.3, -0.25) is 9.69 Å². The molecule has 0 aliphatic carbocycles. The molecule has 1 amide bonds. The maximum absolute atomic E-state index is 12.4. The van der Waals surface area contributed by atoms with Crippen molar-refractivity contribution in [1.82, 2.24) is 4.90 Å². The molecule has 1 aliphatic rings. The fourth-order valence-electron chi connectivity index (χ4n) is 3.07. The van der Waals surface area contributed by atoms with Gasteiger partial charge in [-0.1, -0.05) is 24.3 Å². The zero-order valence-electron chi connectivity index (χ0n) is 14.1. The zero-order chi connectivity index (χ0) is 16.8. The summed E-state index contributed by atoms with van der Waals surface area (Å²) in [6.45, 7) is 3.87. The first kappa shape index (κ1) is 16.7. The van der Waals surface area contributed by atoms with Gasteiger partial charge in [0.15, 0.2) is 0 Å². The number of methoxy groups -OCH3 is 1. The minimum atomic E-state index is -0.0858. The number of rotatable bonds is 6. The van der Waals surface area contributed by atoms with Gasteiger partial charge in [-0.15, -0.1) is 0 Å². The molecule has 0 radical (unpaired) electrons. The summed E-state index contributed by atoms with van der Waals surface area (Å²) < 4.78 is 5.12. The van der Waals surface area contributed by atoms with Crippen molar-refractivity contribution in [2.75, 3.05) is 25.5 Å². The Hall–Kier alpha value is -2.17. The summed E-state index contributed by atoms with van der Waals surface area (Å²) in [5.41, 5.74) is 3.76. The number of benzene rings is 2. The maximum atomic E-state index is 12.4. The van der Waals surface area contributed by atoms with Gasteiger partial charge in [-0.25, -0.2) is 0 Å². The number of ether oxygens (including phenoxy) is 1. The summed E-state index contributed by atoms with van der Waals surface area (Å²) in [5.74, 6) is -0.0858. The molecular formula is C20H24N2O2. The van der Waals surface area contributed by atoms with Crippen LogP contribution in [0.3, 0.4) is 0 Å². The molecule has 126 valence electrons. The van der Waals surface area contributed by atoms with E-state index in [1.165, 1.54) is 31.5 Å². The molecule has 1 fully saturated rings. The largest absolute Gasteiger partial charge is 0.380 e. The normalized spacial score (nSPS) is 14.7. The van der Waals surface area contributed by atoms with Crippen LogP contribution in [-0.4, -0.2) is 31.0 Å². The Bertz CT molecular complexity index is 676. The van der Waals surface area contributed by atoms with E-state index in [1.54, 1.807) is 7.11 Å². The Balaban J connectivity index is 1.61. The van der Waals surface area contributed by atoms with Crippen LogP contribution < -0.4 is 5.32 Å². The Labute approximate surface area is 143 Å². The highest BCUT2D eigenvalue weighted by atomic mass is 16.5. The Morgan fingerprint density at radius 2 is 1.83 bits per heavy atom. The van der Waals surface area contributed by atoms with E-state index >= 15 is 0 Å². The Kier molecular flexibility index (Phi) is 5.62. The number of likely N-dealkylation sites (tertiary alicyclic amines) is 1. The number of hydrogen-bond donors (Lipinski definition) is 1. The maximum Gasteiger partial charge on any atom is 0.255 e. The lowest BCUT2D eigenvalue weighted by Crippen LogP contribution is -2.18. The fourth-order valence-corrected chi connectivity index (χ4v) is 3.07. The van der Waals surface area contributed by atoms with E-state index in [0.717, 1.165) is 17.8 Å². The molecule has 0 saturated carbocycles. The van der Waals surface area contributed by atoms with Gasteiger partial charge in [-0.05, 0) is 61.3 Å². The molecule has 4 nitrogen and oxygen atoms in total. The van der Waals surface area contributed by atoms with E-state index in [1.807, 2.05) is 36.4 Å². The lowest BCUT2D eigenvalue weighted by Gasteiger charge is -2.14. The average Bonchev–Trinajstić information content (AvgIpc) is 3.09. The van der Waals surface area contributed by atoms with Crippen molar-refractivity contribution in [3.8, 4) is 0 Å². The number of nitrogens with one attached hydrogen (secondary N) is 1. The first-order valence-corrected chi connectivity index (χ1v) is 8.45. The van der Waals surface area contributed by atoms with Crippen LogP contribution in [0, 0.1) is 0 Å².